The molecule has 11 nitrogen and oxygen atoms in total. The van der Waals surface area contributed by atoms with Crippen LogP contribution in [0.5, 0.6) is 0 Å². The summed E-state index contributed by atoms with van der Waals surface area (Å²) in [7, 11) is -6.08. The van der Waals surface area contributed by atoms with Crippen molar-refractivity contribution < 1.29 is 27.6 Å². The molecule has 0 saturated heterocycles. The number of hydrogen-bond donors (Lipinski definition) is 2. The Labute approximate surface area is 222 Å². The van der Waals surface area contributed by atoms with Crippen LogP contribution in [0.2, 0.25) is 10.0 Å². The van der Waals surface area contributed by atoms with E-state index in [0.717, 1.165) is 12.1 Å². The van der Waals surface area contributed by atoms with Gasteiger partial charge in [-0.25, -0.2) is 8.42 Å². The third-order valence-electron chi connectivity index (χ3n) is 5.22. The van der Waals surface area contributed by atoms with Gasteiger partial charge in [-0.3, -0.25) is 18.2 Å². The molecule has 0 radical (unpaired) electrons. The third-order valence-corrected chi connectivity index (χ3v) is 8.25. The van der Waals surface area contributed by atoms with Crippen molar-refractivity contribution in [2.45, 2.75) is 4.90 Å². The Morgan fingerprint density at radius 2 is 1.68 bits per heavy atom. The van der Waals surface area contributed by atoms with E-state index < -0.39 is 23.9 Å². The number of anilines is 1. The van der Waals surface area contributed by atoms with Crippen molar-refractivity contribution in [2.75, 3.05) is 24.7 Å². The summed E-state index contributed by atoms with van der Waals surface area (Å²) < 4.78 is 41.0. The Hall–Kier alpha value is -2.99. The molecule has 2 aromatic heterocycles. The molecule has 194 valence electrons. The van der Waals surface area contributed by atoms with E-state index in [1.54, 1.807) is 43.1 Å². The van der Waals surface area contributed by atoms with E-state index in [4.69, 9.17) is 23.2 Å². The fraction of sp³-hybridized carbons (Fsp3) is 0.136. The molecule has 37 heavy (non-hydrogen) atoms. The second-order valence-corrected chi connectivity index (χ2v) is 12.5. The summed E-state index contributed by atoms with van der Waals surface area (Å²) in [4.78, 5) is 32.4. The predicted molar refractivity (Wildman–Crippen MR) is 140 cm³/mol. The minimum Gasteiger partial charge on any atom is -0.343 e. The van der Waals surface area contributed by atoms with Crippen LogP contribution in [0.15, 0.2) is 65.7 Å². The van der Waals surface area contributed by atoms with Crippen molar-refractivity contribution in [1.82, 2.24) is 19.7 Å². The molecule has 0 aliphatic heterocycles. The minimum absolute atomic E-state index is 0.0164. The van der Waals surface area contributed by atoms with E-state index >= 15 is 0 Å². The van der Waals surface area contributed by atoms with Crippen molar-refractivity contribution in [3.63, 3.8) is 0 Å². The monoisotopic (exact) mass is 583 g/mol. The lowest BCUT2D eigenvalue weighted by Gasteiger charge is -2.25. The van der Waals surface area contributed by atoms with Crippen LogP contribution in [-0.4, -0.2) is 64.2 Å². The van der Waals surface area contributed by atoms with Crippen LogP contribution in [0.3, 0.4) is 0 Å². The van der Waals surface area contributed by atoms with Crippen molar-refractivity contribution in [1.29, 1.82) is 0 Å². The van der Waals surface area contributed by atoms with E-state index in [0.29, 0.717) is 21.0 Å². The smallest absolute Gasteiger partial charge is 0.343 e. The van der Waals surface area contributed by atoms with E-state index in [-0.39, 0.29) is 32.2 Å². The Bertz CT molecular complexity index is 1630. The van der Waals surface area contributed by atoms with E-state index in [1.165, 1.54) is 29.2 Å². The average Bonchev–Trinajstić information content (AvgIpc) is 3.24. The first-order chi connectivity index (χ1) is 17.3. The number of aromatic nitrogens is 3. The molecule has 0 aliphatic rings. The molecule has 4 rings (SSSR count). The normalized spacial score (nSPS) is 12.1. The number of carbonyl (C=O) groups is 1. The largest absolute Gasteiger partial charge is 0.345 e. The maximum atomic E-state index is 13.4. The number of sulfonamides is 1. The molecule has 0 unspecified atom stereocenters. The first-order valence-electron chi connectivity index (χ1n) is 10.5. The van der Waals surface area contributed by atoms with Crippen LogP contribution in [-0.2, 0) is 14.6 Å². The van der Waals surface area contributed by atoms with Gasteiger partial charge in [0.1, 0.15) is 6.29 Å². The highest BCUT2D eigenvalue weighted by molar-refractivity contribution is 7.93. The lowest BCUT2D eigenvalue weighted by atomic mass is 10.2. The second-order valence-electron chi connectivity index (χ2n) is 8.17. The van der Waals surface area contributed by atoms with Crippen molar-refractivity contribution in [3.05, 3.63) is 76.5 Å². The van der Waals surface area contributed by atoms with Gasteiger partial charge in [-0.2, -0.15) is 0 Å². The summed E-state index contributed by atoms with van der Waals surface area (Å²) in [6.45, 7) is 0. The van der Waals surface area contributed by atoms with Gasteiger partial charge in [0.2, 0.25) is 0 Å². The summed E-state index contributed by atoms with van der Waals surface area (Å²) >= 11 is 11.9. The van der Waals surface area contributed by atoms with Crippen LogP contribution < -0.4 is 4.31 Å². The molecule has 0 aliphatic carbocycles. The predicted octanol–water partition coefficient (Wildman–Crippen LogP) is 3.76. The summed E-state index contributed by atoms with van der Waals surface area (Å²) in [6.07, 6.45) is 0.572. The molecular weight excluding hydrogens is 564 g/mol. The molecule has 0 atom stereocenters. The van der Waals surface area contributed by atoms with Gasteiger partial charge in [-0.1, -0.05) is 23.2 Å². The molecule has 1 amide bonds. The number of fused-ring (bicyclic) bond motifs is 1. The van der Waals surface area contributed by atoms with E-state index in [2.05, 4.69) is 10.2 Å². The maximum absolute atomic E-state index is 13.4. The van der Waals surface area contributed by atoms with Gasteiger partial charge in [-0.15, -0.1) is 10.2 Å². The third kappa shape index (κ3) is 5.80. The zero-order valence-electron chi connectivity index (χ0n) is 19.4. The Morgan fingerprint density at radius 3 is 2.24 bits per heavy atom. The summed E-state index contributed by atoms with van der Waals surface area (Å²) in [5.74, 6) is 0.111. The Morgan fingerprint density at radius 1 is 1.00 bits per heavy atom. The SMILES string of the molecule is CN(C)C(=O)c1ccc(-n2ccc3cc(N(CP(=O)(O)O)S(=O)(=O)c4cc(Cl)cc(Cl)c4)ccc32)nn1. The number of amides is 1. The molecule has 0 spiro atoms. The molecule has 2 heterocycles. The summed E-state index contributed by atoms with van der Waals surface area (Å²) in [5, 5.41) is 8.74. The highest BCUT2D eigenvalue weighted by atomic mass is 35.5. The highest BCUT2D eigenvalue weighted by Gasteiger charge is 2.32. The zero-order chi connectivity index (χ0) is 27.1. The first kappa shape index (κ1) is 27.1. The Balaban J connectivity index is 1.77. The van der Waals surface area contributed by atoms with Gasteiger partial charge >= 0.3 is 7.60 Å². The maximum Gasteiger partial charge on any atom is 0.345 e. The number of hydrogen-bond acceptors (Lipinski definition) is 6. The number of halogens is 2. The Kier molecular flexibility index (Phi) is 7.35. The lowest BCUT2D eigenvalue weighted by molar-refractivity contribution is 0.0820. The molecule has 0 fully saturated rings. The van der Waals surface area contributed by atoms with E-state index in [1.807, 2.05) is 0 Å². The van der Waals surface area contributed by atoms with Gasteiger partial charge in [0, 0.05) is 35.7 Å². The van der Waals surface area contributed by atoms with Gasteiger partial charge in [0.15, 0.2) is 11.5 Å². The number of nitrogens with zero attached hydrogens (tertiary/aromatic N) is 5. The van der Waals surface area contributed by atoms with Crippen molar-refractivity contribution in [3.8, 4) is 5.82 Å². The van der Waals surface area contributed by atoms with Crippen molar-refractivity contribution >= 4 is 63.3 Å². The van der Waals surface area contributed by atoms with Crippen LogP contribution in [0, 0.1) is 0 Å². The molecule has 0 saturated carbocycles. The molecule has 15 heteroatoms. The molecular formula is C22H20Cl2N5O6PS. The second kappa shape index (κ2) is 10.1. The fourth-order valence-electron chi connectivity index (χ4n) is 3.55. The fourth-order valence-corrected chi connectivity index (χ4v) is 6.96. The van der Waals surface area contributed by atoms with E-state index in [9.17, 15) is 27.6 Å². The summed E-state index contributed by atoms with van der Waals surface area (Å²) in [5.41, 5.74) is 0.804. The number of carbonyl (C=O) groups excluding carboxylic acids is 1. The first-order valence-corrected chi connectivity index (χ1v) is 14.5. The lowest BCUT2D eigenvalue weighted by Crippen LogP contribution is -2.32. The van der Waals surface area contributed by atoms with Crippen LogP contribution in [0.25, 0.3) is 16.7 Å². The highest BCUT2D eigenvalue weighted by Crippen LogP contribution is 2.40. The number of benzene rings is 2. The topological polar surface area (TPSA) is 146 Å². The van der Waals surface area contributed by atoms with Crippen LogP contribution >= 0.6 is 30.8 Å². The molecule has 4 aromatic rings. The zero-order valence-corrected chi connectivity index (χ0v) is 22.6. The van der Waals surface area contributed by atoms with Crippen LogP contribution in [0.1, 0.15) is 10.5 Å². The van der Waals surface area contributed by atoms with Gasteiger partial charge in [0.25, 0.3) is 15.9 Å². The van der Waals surface area contributed by atoms with Gasteiger partial charge in [0.05, 0.1) is 16.1 Å². The average molecular weight is 584 g/mol. The number of rotatable bonds is 7. The quantitative estimate of drug-likeness (QED) is 0.313. The summed E-state index contributed by atoms with van der Waals surface area (Å²) in [6, 6.07) is 12.9. The van der Waals surface area contributed by atoms with Gasteiger partial charge < -0.3 is 14.7 Å². The van der Waals surface area contributed by atoms with Crippen LogP contribution in [0.4, 0.5) is 5.69 Å². The van der Waals surface area contributed by atoms with Gasteiger partial charge in [-0.05, 0) is 54.6 Å². The molecule has 2 aromatic carbocycles. The molecule has 2 N–H and O–H groups in total. The standard InChI is InChI=1S/C22H20Cl2N5O6PS/c1-27(2)22(30)19-4-6-21(26-25-19)28-8-7-14-9-17(3-5-20(14)28)29(13-36(31,32)33)37(34,35)18-11-15(23)10-16(24)12-18/h3-12H,13H2,1-2H3,(H2,31,32,33). The molecule has 0 bridgehead atoms. The van der Waals surface area contributed by atoms with Crippen molar-refractivity contribution in [2.24, 2.45) is 0 Å². The minimum atomic E-state index is -4.82.